The van der Waals surface area contributed by atoms with Crippen LogP contribution < -0.4 is 10.2 Å². The van der Waals surface area contributed by atoms with Gasteiger partial charge in [-0.05, 0) is 51.9 Å². The number of rotatable bonds is 2. The van der Waals surface area contributed by atoms with E-state index in [-0.39, 0.29) is 11.4 Å². The summed E-state index contributed by atoms with van der Waals surface area (Å²) in [5.41, 5.74) is 2.84. The third-order valence-corrected chi connectivity index (χ3v) is 4.22. The summed E-state index contributed by atoms with van der Waals surface area (Å²) < 4.78 is 0. The zero-order chi connectivity index (χ0) is 13.7. The van der Waals surface area contributed by atoms with E-state index in [0.29, 0.717) is 0 Å². The van der Waals surface area contributed by atoms with Gasteiger partial charge in [0.25, 0.3) is 0 Å². The molecule has 0 aliphatic carbocycles. The van der Waals surface area contributed by atoms with Crippen molar-refractivity contribution in [2.45, 2.75) is 38.6 Å². The summed E-state index contributed by atoms with van der Waals surface area (Å²) in [5.74, 6) is 0.164. The molecule has 1 aromatic carbocycles. The standard InChI is InChI=1S/C15H22N2O/c1-14(2)11-9-10(15(3,4)16-5)7-8-12(11)17(6)13(14)18/h7-9,16H,1-6H3. The minimum atomic E-state index is -0.427. The summed E-state index contributed by atoms with van der Waals surface area (Å²) >= 11 is 0. The number of anilines is 1. The average Bonchev–Trinajstić information content (AvgIpc) is 2.51. The molecule has 18 heavy (non-hydrogen) atoms. The molecule has 1 aliphatic rings. The van der Waals surface area contributed by atoms with Gasteiger partial charge < -0.3 is 10.2 Å². The van der Waals surface area contributed by atoms with Crippen LogP contribution in [0.2, 0.25) is 0 Å². The van der Waals surface area contributed by atoms with Crippen molar-refractivity contribution in [2.24, 2.45) is 0 Å². The molecule has 1 heterocycles. The lowest BCUT2D eigenvalue weighted by molar-refractivity contribution is -0.121. The predicted octanol–water partition coefficient (Wildman–Crippen LogP) is 2.40. The fourth-order valence-electron chi connectivity index (χ4n) is 2.51. The van der Waals surface area contributed by atoms with Gasteiger partial charge in [-0.2, -0.15) is 0 Å². The van der Waals surface area contributed by atoms with Crippen LogP contribution >= 0.6 is 0 Å². The lowest BCUT2D eigenvalue weighted by atomic mass is 9.83. The van der Waals surface area contributed by atoms with Crippen molar-refractivity contribution in [3.05, 3.63) is 29.3 Å². The van der Waals surface area contributed by atoms with Crippen molar-refractivity contribution in [1.82, 2.24) is 5.32 Å². The van der Waals surface area contributed by atoms with Crippen molar-refractivity contribution in [3.8, 4) is 0 Å². The summed E-state index contributed by atoms with van der Waals surface area (Å²) in [6.07, 6.45) is 0. The highest BCUT2D eigenvalue weighted by atomic mass is 16.2. The quantitative estimate of drug-likeness (QED) is 0.869. The Morgan fingerprint density at radius 2 is 1.89 bits per heavy atom. The zero-order valence-electron chi connectivity index (χ0n) is 12.1. The highest BCUT2D eigenvalue weighted by molar-refractivity contribution is 6.07. The van der Waals surface area contributed by atoms with E-state index in [1.165, 1.54) is 5.56 Å². The smallest absolute Gasteiger partial charge is 0.236 e. The molecule has 0 aromatic heterocycles. The fourth-order valence-corrected chi connectivity index (χ4v) is 2.51. The molecule has 3 nitrogen and oxygen atoms in total. The molecule has 0 saturated heterocycles. The molecule has 0 radical (unpaired) electrons. The first-order valence-corrected chi connectivity index (χ1v) is 6.34. The Labute approximate surface area is 109 Å². The van der Waals surface area contributed by atoms with Gasteiger partial charge in [-0.25, -0.2) is 0 Å². The molecule has 0 spiro atoms. The molecular weight excluding hydrogens is 224 g/mol. The van der Waals surface area contributed by atoms with E-state index in [9.17, 15) is 4.79 Å². The van der Waals surface area contributed by atoms with Gasteiger partial charge in [-0.15, -0.1) is 0 Å². The molecule has 1 amide bonds. The molecule has 2 rings (SSSR count). The van der Waals surface area contributed by atoms with Crippen molar-refractivity contribution >= 4 is 11.6 Å². The lowest BCUT2D eigenvalue weighted by Crippen LogP contribution is -2.34. The van der Waals surface area contributed by atoms with E-state index in [4.69, 9.17) is 0 Å². The summed E-state index contributed by atoms with van der Waals surface area (Å²) in [6, 6.07) is 6.31. The van der Waals surface area contributed by atoms with Crippen molar-refractivity contribution in [3.63, 3.8) is 0 Å². The van der Waals surface area contributed by atoms with Crippen LogP contribution in [-0.2, 0) is 15.7 Å². The summed E-state index contributed by atoms with van der Waals surface area (Å²) in [7, 11) is 3.80. The number of likely N-dealkylation sites (N-methyl/N-ethyl adjacent to an activating group) is 1. The maximum Gasteiger partial charge on any atom is 0.236 e. The molecule has 0 fully saturated rings. The van der Waals surface area contributed by atoms with Gasteiger partial charge >= 0.3 is 0 Å². The third-order valence-electron chi connectivity index (χ3n) is 4.22. The molecule has 98 valence electrons. The largest absolute Gasteiger partial charge is 0.314 e. The third kappa shape index (κ3) is 1.65. The molecule has 0 atom stereocenters. The number of hydrogen-bond donors (Lipinski definition) is 1. The van der Waals surface area contributed by atoms with Crippen molar-refractivity contribution in [1.29, 1.82) is 0 Å². The second kappa shape index (κ2) is 3.82. The van der Waals surface area contributed by atoms with Gasteiger partial charge in [0.1, 0.15) is 0 Å². The van der Waals surface area contributed by atoms with Crippen molar-refractivity contribution < 1.29 is 4.79 Å². The van der Waals surface area contributed by atoms with E-state index in [0.717, 1.165) is 11.3 Å². The van der Waals surface area contributed by atoms with Gasteiger partial charge in [-0.1, -0.05) is 12.1 Å². The monoisotopic (exact) mass is 246 g/mol. The Morgan fingerprint density at radius 1 is 1.28 bits per heavy atom. The van der Waals surface area contributed by atoms with Gasteiger partial charge in [0.2, 0.25) is 5.91 Å². The second-order valence-electron chi connectivity index (χ2n) is 6.10. The molecule has 0 saturated carbocycles. The van der Waals surface area contributed by atoms with E-state index >= 15 is 0 Å². The van der Waals surface area contributed by atoms with Crippen LogP contribution in [0.5, 0.6) is 0 Å². The number of hydrogen-bond acceptors (Lipinski definition) is 2. The molecule has 1 aromatic rings. The van der Waals surface area contributed by atoms with E-state index in [1.54, 1.807) is 4.90 Å². The Bertz CT molecular complexity index is 503. The summed E-state index contributed by atoms with van der Waals surface area (Å²) in [6.45, 7) is 8.27. The van der Waals surface area contributed by atoms with E-state index in [1.807, 2.05) is 27.9 Å². The first-order chi connectivity index (χ1) is 8.21. The number of fused-ring (bicyclic) bond motifs is 1. The van der Waals surface area contributed by atoms with Crippen LogP contribution in [0.3, 0.4) is 0 Å². The maximum absolute atomic E-state index is 12.2. The minimum Gasteiger partial charge on any atom is -0.314 e. The Hall–Kier alpha value is -1.35. The molecular formula is C15H22N2O. The first kappa shape index (κ1) is 13.1. The van der Waals surface area contributed by atoms with Crippen LogP contribution in [-0.4, -0.2) is 20.0 Å². The van der Waals surface area contributed by atoms with Crippen LogP contribution in [0, 0.1) is 0 Å². The summed E-state index contributed by atoms with van der Waals surface area (Å²) in [4.78, 5) is 14.0. The van der Waals surface area contributed by atoms with Crippen LogP contribution in [0.15, 0.2) is 18.2 Å². The number of nitrogens with one attached hydrogen (secondary N) is 1. The van der Waals surface area contributed by atoms with Crippen LogP contribution in [0.4, 0.5) is 5.69 Å². The predicted molar refractivity (Wildman–Crippen MR) is 75.0 cm³/mol. The number of amides is 1. The number of carbonyl (C=O) groups excluding carboxylic acids is 1. The minimum absolute atomic E-state index is 0.0880. The SMILES string of the molecule is CNC(C)(C)c1ccc2c(c1)C(C)(C)C(=O)N2C. The molecule has 0 unspecified atom stereocenters. The Kier molecular flexibility index (Phi) is 2.78. The lowest BCUT2D eigenvalue weighted by Gasteiger charge is -2.26. The van der Waals surface area contributed by atoms with Gasteiger partial charge in [0, 0.05) is 18.3 Å². The highest BCUT2D eigenvalue weighted by Crippen LogP contribution is 2.42. The molecule has 0 bridgehead atoms. The zero-order valence-corrected chi connectivity index (χ0v) is 12.1. The normalized spacial score (nSPS) is 18.1. The highest BCUT2D eigenvalue weighted by Gasteiger charge is 2.42. The first-order valence-electron chi connectivity index (χ1n) is 6.34. The topological polar surface area (TPSA) is 32.3 Å². The number of benzene rings is 1. The van der Waals surface area contributed by atoms with Gasteiger partial charge in [0.05, 0.1) is 5.41 Å². The Morgan fingerprint density at radius 3 is 2.44 bits per heavy atom. The van der Waals surface area contributed by atoms with E-state index in [2.05, 4.69) is 37.4 Å². The summed E-state index contributed by atoms with van der Waals surface area (Å²) in [5, 5.41) is 3.30. The average molecular weight is 246 g/mol. The van der Waals surface area contributed by atoms with Crippen molar-refractivity contribution in [2.75, 3.05) is 19.0 Å². The second-order valence-corrected chi connectivity index (χ2v) is 6.10. The number of nitrogens with zero attached hydrogens (tertiary/aromatic N) is 1. The molecule has 1 N–H and O–H groups in total. The van der Waals surface area contributed by atoms with Gasteiger partial charge in [0.15, 0.2) is 0 Å². The van der Waals surface area contributed by atoms with Crippen LogP contribution in [0.1, 0.15) is 38.8 Å². The van der Waals surface area contributed by atoms with E-state index < -0.39 is 5.41 Å². The molecule has 1 aliphatic heterocycles. The fraction of sp³-hybridized carbons (Fsp3) is 0.533. The Balaban J connectivity index is 2.59. The number of carbonyl (C=O) groups is 1. The molecule has 3 heteroatoms. The maximum atomic E-state index is 12.2. The van der Waals surface area contributed by atoms with Crippen LogP contribution in [0.25, 0.3) is 0 Å². The van der Waals surface area contributed by atoms with Gasteiger partial charge in [-0.3, -0.25) is 4.79 Å².